The van der Waals surface area contributed by atoms with E-state index in [0.29, 0.717) is 18.1 Å². The molecular formula is C23H19FN4O3S. The van der Waals surface area contributed by atoms with Gasteiger partial charge in [-0.1, -0.05) is 36.4 Å². The second-order valence-electron chi connectivity index (χ2n) is 6.88. The lowest BCUT2D eigenvalue weighted by Crippen LogP contribution is -2.35. The number of nitrogens with one attached hydrogen (secondary N) is 1. The highest BCUT2D eigenvalue weighted by Gasteiger charge is 2.24. The lowest BCUT2D eigenvalue weighted by atomic mass is 10.2. The molecule has 32 heavy (non-hydrogen) atoms. The van der Waals surface area contributed by atoms with E-state index in [1.165, 1.54) is 47.2 Å². The predicted molar refractivity (Wildman–Crippen MR) is 118 cm³/mol. The third kappa shape index (κ3) is 4.89. The van der Waals surface area contributed by atoms with Crippen molar-refractivity contribution < 1.29 is 18.7 Å². The number of esters is 1. The molecule has 162 valence electrons. The van der Waals surface area contributed by atoms with E-state index >= 15 is 0 Å². The van der Waals surface area contributed by atoms with Crippen molar-refractivity contribution in [2.24, 2.45) is 0 Å². The molecule has 1 atom stereocenters. The van der Waals surface area contributed by atoms with Crippen LogP contribution < -0.4 is 5.32 Å². The minimum absolute atomic E-state index is 0.194. The number of benzene rings is 2. The fourth-order valence-electron chi connectivity index (χ4n) is 2.92. The lowest BCUT2D eigenvalue weighted by molar-refractivity contribution is -0.129. The molecule has 4 rings (SSSR count). The molecule has 0 radical (unpaired) electrons. The molecular weight excluding hydrogens is 431 g/mol. The fraction of sp³-hybridized carbons (Fsp3) is 0.130. The van der Waals surface area contributed by atoms with E-state index in [2.05, 4.69) is 15.4 Å². The van der Waals surface area contributed by atoms with Gasteiger partial charge in [-0.25, -0.2) is 13.9 Å². The van der Waals surface area contributed by atoms with Crippen LogP contribution in [-0.2, 0) is 16.1 Å². The Morgan fingerprint density at radius 1 is 1.09 bits per heavy atom. The van der Waals surface area contributed by atoms with Gasteiger partial charge in [0.15, 0.2) is 11.9 Å². The molecule has 4 aromatic rings. The van der Waals surface area contributed by atoms with Crippen LogP contribution >= 0.6 is 11.3 Å². The summed E-state index contributed by atoms with van der Waals surface area (Å²) in [6.45, 7) is 1.80. The molecule has 0 bridgehead atoms. The van der Waals surface area contributed by atoms with Gasteiger partial charge in [0.1, 0.15) is 5.82 Å². The predicted octanol–water partition coefficient (Wildman–Crippen LogP) is 4.00. The average molecular weight is 450 g/mol. The van der Waals surface area contributed by atoms with E-state index in [1.54, 1.807) is 0 Å². The van der Waals surface area contributed by atoms with Crippen molar-refractivity contribution in [1.82, 2.24) is 20.1 Å². The summed E-state index contributed by atoms with van der Waals surface area (Å²) < 4.78 is 20.1. The van der Waals surface area contributed by atoms with Crippen LogP contribution in [0.25, 0.3) is 16.4 Å². The number of amides is 1. The first kappa shape index (κ1) is 21.4. The van der Waals surface area contributed by atoms with Crippen LogP contribution in [0.2, 0.25) is 0 Å². The Labute approximate surface area is 187 Å². The Morgan fingerprint density at radius 2 is 1.84 bits per heavy atom. The number of hydrogen-bond donors (Lipinski definition) is 1. The first-order valence-electron chi connectivity index (χ1n) is 9.81. The minimum Gasteiger partial charge on any atom is -0.447 e. The van der Waals surface area contributed by atoms with Crippen molar-refractivity contribution in [2.75, 3.05) is 0 Å². The van der Waals surface area contributed by atoms with Crippen LogP contribution in [0, 0.1) is 5.82 Å². The van der Waals surface area contributed by atoms with E-state index < -0.39 is 18.0 Å². The lowest BCUT2D eigenvalue weighted by Gasteiger charge is -2.12. The summed E-state index contributed by atoms with van der Waals surface area (Å²) in [7, 11) is 0. The Bertz CT molecular complexity index is 1210. The molecule has 2 heterocycles. The maximum absolute atomic E-state index is 13.3. The molecule has 9 heteroatoms. The van der Waals surface area contributed by atoms with Crippen molar-refractivity contribution in [2.45, 2.75) is 19.6 Å². The topological polar surface area (TPSA) is 86.1 Å². The Morgan fingerprint density at radius 3 is 2.53 bits per heavy atom. The molecule has 2 aromatic heterocycles. The van der Waals surface area contributed by atoms with E-state index in [-0.39, 0.29) is 11.6 Å². The number of thiophene rings is 1. The molecule has 0 saturated heterocycles. The van der Waals surface area contributed by atoms with Gasteiger partial charge in [0, 0.05) is 6.54 Å². The van der Waals surface area contributed by atoms with Gasteiger partial charge in [0.2, 0.25) is 0 Å². The van der Waals surface area contributed by atoms with Gasteiger partial charge in [-0.15, -0.1) is 16.4 Å². The molecule has 7 nitrogen and oxygen atoms in total. The van der Waals surface area contributed by atoms with E-state index in [9.17, 15) is 14.0 Å². The molecule has 1 amide bonds. The van der Waals surface area contributed by atoms with Crippen molar-refractivity contribution >= 4 is 23.2 Å². The zero-order valence-electron chi connectivity index (χ0n) is 17.1. The van der Waals surface area contributed by atoms with E-state index in [1.807, 2.05) is 47.8 Å². The average Bonchev–Trinajstić information content (AvgIpc) is 3.48. The van der Waals surface area contributed by atoms with Crippen LogP contribution in [0.5, 0.6) is 0 Å². The van der Waals surface area contributed by atoms with E-state index in [0.717, 1.165) is 10.4 Å². The highest BCUT2D eigenvalue weighted by Crippen LogP contribution is 2.26. The zero-order chi connectivity index (χ0) is 22.5. The zero-order valence-corrected chi connectivity index (χ0v) is 17.9. The van der Waals surface area contributed by atoms with Gasteiger partial charge in [0.25, 0.3) is 11.7 Å². The summed E-state index contributed by atoms with van der Waals surface area (Å²) in [5.41, 5.74) is 1.47. The number of ether oxygens (including phenoxy) is 1. The molecule has 0 aliphatic rings. The first-order chi connectivity index (χ1) is 15.5. The number of carbonyl (C=O) groups excluding carboxylic acids is 2. The molecule has 1 unspecified atom stereocenters. The van der Waals surface area contributed by atoms with Gasteiger partial charge in [-0.2, -0.15) is 4.98 Å². The molecule has 0 fully saturated rings. The maximum Gasteiger partial charge on any atom is 0.379 e. The summed E-state index contributed by atoms with van der Waals surface area (Å²) in [5.74, 6) is -1.42. The van der Waals surface area contributed by atoms with Crippen molar-refractivity contribution in [3.8, 4) is 16.4 Å². The van der Waals surface area contributed by atoms with Crippen LogP contribution in [0.3, 0.4) is 0 Å². The highest BCUT2D eigenvalue weighted by atomic mass is 32.1. The van der Waals surface area contributed by atoms with E-state index in [4.69, 9.17) is 4.74 Å². The summed E-state index contributed by atoms with van der Waals surface area (Å²) in [5, 5.41) is 8.86. The van der Waals surface area contributed by atoms with Gasteiger partial charge >= 0.3 is 5.97 Å². The van der Waals surface area contributed by atoms with Crippen molar-refractivity contribution in [3.63, 3.8) is 0 Å². The molecule has 0 spiro atoms. The summed E-state index contributed by atoms with van der Waals surface area (Å²) in [6.07, 6.45) is -1.03. The van der Waals surface area contributed by atoms with Gasteiger partial charge in [0.05, 0.1) is 10.6 Å². The Kier molecular flexibility index (Phi) is 6.37. The maximum atomic E-state index is 13.3. The number of nitrogens with zero attached hydrogens (tertiary/aromatic N) is 3. The number of aromatic nitrogens is 3. The van der Waals surface area contributed by atoms with Crippen LogP contribution in [0.1, 0.15) is 23.1 Å². The second kappa shape index (κ2) is 9.52. The monoisotopic (exact) mass is 450 g/mol. The Hall–Kier alpha value is -3.85. The second-order valence-corrected chi connectivity index (χ2v) is 7.82. The van der Waals surface area contributed by atoms with Crippen LogP contribution in [-0.4, -0.2) is 32.7 Å². The third-order valence-corrected chi connectivity index (χ3v) is 5.43. The van der Waals surface area contributed by atoms with Crippen LogP contribution in [0.15, 0.2) is 72.1 Å². The quantitative estimate of drug-likeness (QED) is 0.430. The number of rotatable bonds is 7. The number of hydrogen-bond acceptors (Lipinski definition) is 6. The SMILES string of the molecule is CC(OC(=O)c1nc(-c2cccs2)n(-c2ccc(F)cc2)n1)C(=O)NCc1ccccc1. The van der Waals surface area contributed by atoms with Gasteiger partial charge in [-0.05, 0) is 48.2 Å². The standard InChI is InChI=1S/C23H19FN4O3S/c1-15(22(29)25-14-16-6-3-2-4-7-16)31-23(30)20-26-21(19-8-5-13-32-19)28(27-20)18-11-9-17(24)10-12-18/h2-13,15H,14H2,1H3,(H,25,29). The largest absolute Gasteiger partial charge is 0.447 e. The molecule has 0 aliphatic carbocycles. The van der Waals surface area contributed by atoms with Gasteiger partial charge < -0.3 is 10.1 Å². The smallest absolute Gasteiger partial charge is 0.379 e. The third-order valence-electron chi connectivity index (χ3n) is 4.57. The molecule has 2 aromatic carbocycles. The summed E-state index contributed by atoms with van der Waals surface area (Å²) >= 11 is 1.42. The van der Waals surface area contributed by atoms with Gasteiger partial charge in [-0.3, -0.25) is 4.79 Å². The first-order valence-corrected chi connectivity index (χ1v) is 10.7. The summed E-state index contributed by atoms with van der Waals surface area (Å²) in [4.78, 5) is 30.1. The molecule has 0 aliphatic heterocycles. The van der Waals surface area contributed by atoms with Crippen molar-refractivity contribution in [3.05, 3.63) is 89.3 Å². The van der Waals surface area contributed by atoms with Crippen molar-refractivity contribution in [1.29, 1.82) is 0 Å². The molecule has 0 saturated carbocycles. The highest BCUT2D eigenvalue weighted by molar-refractivity contribution is 7.13. The minimum atomic E-state index is -1.03. The van der Waals surface area contributed by atoms with Crippen LogP contribution in [0.4, 0.5) is 4.39 Å². The Balaban J connectivity index is 1.50. The fourth-order valence-corrected chi connectivity index (χ4v) is 3.62. The number of halogens is 1. The molecule has 1 N–H and O–H groups in total. The normalized spacial score (nSPS) is 11.7. The summed E-state index contributed by atoms with van der Waals surface area (Å²) in [6, 6.07) is 18.8. The number of carbonyl (C=O) groups is 2.